The van der Waals surface area contributed by atoms with E-state index >= 15 is 0 Å². The Morgan fingerprint density at radius 3 is 2.59 bits per heavy atom. The maximum absolute atomic E-state index is 12.2. The zero-order valence-corrected chi connectivity index (χ0v) is 12.2. The normalized spacial score (nSPS) is 11.1. The van der Waals surface area contributed by atoms with Gasteiger partial charge in [0.15, 0.2) is 5.43 Å². The van der Waals surface area contributed by atoms with Crippen LogP contribution in [0.5, 0.6) is 0 Å². The van der Waals surface area contributed by atoms with Gasteiger partial charge in [-0.15, -0.1) is 6.58 Å². The lowest BCUT2D eigenvalue weighted by molar-refractivity contribution is 0.587. The first-order chi connectivity index (χ1) is 10.8. The average Bonchev–Trinajstić information content (AvgIpc) is 2.55. The first kappa shape index (κ1) is 14.1. The molecule has 0 atom stereocenters. The van der Waals surface area contributed by atoms with Crippen LogP contribution >= 0.6 is 0 Å². The van der Waals surface area contributed by atoms with Crippen LogP contribution in [-0.2, 0) is 6.42 Å². The fraction of sp³-hybridized carbons (Fsp3) is 0.0500. The molecule has 0 aliphatic heterocycles. The third-order valence-corrected chi connectivity index (χ3v) is 3.46. The smallest absolute Gasteiger partial charge is 0.193 e. The highest BCUT2D eigenvalue weighted by Gasteiger charge is 2.06. The van der Waals surface area contributed by atoms with E-state index in [1.165, 1.54) is 6.07 Å². The molecule has 1 heterocycles. The molecule has 0 N–H and O–H groups in total. The molecule has 0 aliphatic carbocycles. The lowest BCUT2D eigenvalue weighted by Gasteiger charge is -2.04. The minimum atomic E-state index is -0.0279. The molecular formula is C20H16O2. The lowest BCUT2D eigenvalue weighted by Crippen LogP contribution is -2.01. The summed E-state index contributed by atoms with van der Waals surface area (Å²) in [6.45, 7) is 3.75. The van der Waals surface area contributed by atoms with E-state index < -0.39 is 0 Å². The Morgan fingerprint density at radius 1 is 1.00 bits per heavy atom. The predicted molar refractivity (Wildman–Crippen MR) is 91.8 cm³/mol. The molecule has 22 heavy (non-hydrogen) atoms. The second-order valence-corrected chi connectivity index (χ2v) is 5.04. The van der Waals surface area contributed by atoms with Crippen LogP contribution in [0, 0.1) is 0 Å². The third-order valence-electron chi connectivity index (χ3n) is 3.46. The van der Waals surface area contributed by atoms with E-state index in [0.717, 1.165) is 11.1 Å². The zero-order chi connectivity index (χ0) is 15.4. The molecular weight excluding hydrogens is 272 g/mol. The number of rotatable bonds is 4. The van der Waals surface area contributed by atoms with Crippen LogP contribution in [-0.4, -0.2) is 0 Å². The third kappa shape index (κ3) is 2.91. The summed E-state index contributed by atoms with van der Waals surface area (Å²) in [5.41, 5.74) is 2.65. The van der Waals surface area contributed by atoms with E-state index in [1.54, 1.807) is 12.1 Å². The molecule has 3 aromatic rings. The SMILES string of the molecule is C=CCc1cccc2c(=O)cc(/C=C/c3ccccc3)oc12. The zero-order valence-electron chi connectivity index (χ0n) is 12.2. The largest absolute Gasteiger partial charge is 0.456 e. The van der Waals surface area contributed by atoms with Gasteiger partial charge in [0.25, 0.3) is 0 Å². The van der Waals surface area contributed by atoms with Gasteiger partial charge in [-0.25, -0.2) is 0 Å². The van der Waals surface area contributed by atoms with Gasteiger partial charge in [0, 0.05) is 6.07 Å². The van der Waals surface area contributed by atoms with Gasteiger partial charge in [-0.1, -0.05) is 54.6 Å². The van der Waals surface area contributed by atoms with Crippen LogP contribution in [0.1, 0.15) is 16.9 Å². The molecule has 2 nitrogen and oxygen atoms in total. The van der Waals surface area contributed by atoms with Crippen LogP contribution in [0.3, 0.4) is 0 Å². The second kappa shape index (κ2) is 6.27. The number of para-hydroxylation sites is 1. The predicted octanol–water partition coefficient (Wildman–Crippen LogP) is 4.69. The molecule has 0 aliphatic rings. The van der Waals surface area contributed by atoms with Crippen molar-refractivity contribution >= 4 is 23.1 Å². The molecule has 108 valence electrons. The molecule has 0 saturated heterocycles. The number of hydrogen-bond acceptors (Lipinski definition) is 2. The van der Waals surface area contributed by atoms with Crippen LogP contribution < -0.4 is 5.43 Å². The van der Waals surface area contributed by atoms with E-state index in [-0.39, 0.29) is 5.43 Å². The van der Waals surface area contributed by atoms with E-state index in [9.17, 15) is 4.79 Å². The molecule has 2 heteroatoms. The topological polar surface area (TPSA) is 30.2 Å². The van der Waals surface area contributed by atoms with E-state index in [4.69, 9.17) is 4.42 Å². The van der Waals surface area contributed by atoms with Crippen molar-refractivity contribution in [1.29, 1.82) is 0 Å². The number of hydrogen-bond donors (Lipinski definition) is 0. The van der Waals surface area contributed by atoms with Crippen LogP contribution in [0.4, 0.5) is 0 Å². The van der Waals surface area contributed by atoms with Crippen LogP contribution in [0.15, 0.2) is 76.5 Å². The van der Waals surface area contributed by atoms with Crippen molar-refractivity contribution in [3.8, 4) is 0 Å². The van der Waals surface area contributed by atoms with Crippen molar-refractivity contribution in [3.63, 3.8) is 0 Å². The highest BCUT2D eigenvalue weighted by molar-refractivity contribution is 5.81. The van der Waals surface area contributed by atoms with Gasteiger partial charge in [-0.05, 0) is 29.7 Å². The summed E-state index contributed by atoms with van der Waals surface area (Å²) >= 11 is 0. The molecule has 0 fully saturated rings. The van der Waals surface area contributed by atoms with Gasteiger partial charge in [0.05, 0.1) is 5.39 Å². The van der Waals surface area contributed by atoms with Crippen LogP contribution in [0.25, 0.3) is 23.1 Å². The monoisotopic (exact) mass is 288 g/mol. The quantitative estimate of drug-likeness (QED) is 0.652. The molecule has 0 saturated carbocycles. The summed E-state index contributed by atoms with van der Waals surface area (Å²) in [6, 6.07) is 17.1. The van der Waals surface area contributed by atoms with E-state index in [1.807, 2.05) is 54.6 Å². The highest BCUT2D eigenvalue weighted by atomic mass is 16.3. The fourth-order valence-electron chi connectivity index (χ4n) is 2.39. The van der Waals surface area contributed by atoms with Gasteiger partial charge in [0.1, 0.15) is 11.3 Å². The summed E-state index contributed by atoms with van der Waals surface area (Å²) in [5, 5.41) is 0.608. The molecule has 1 aromatic heterocycles. The molecule has 0 bridgehead atoms. The number of allylic oxidation sites excluding steroid dienone is 1. The van der Waals surface area contributed by atoms with Crippen molar-refractivity contribution in [3.05, 3.63) is 94.4 Å². The Labute approximate surface area is 129 Å². The fourth-order valence-corrected chi connectivity index (χ4v) is 2.39. The van der Waals surface area contributed by atoms with Gasteiger partial charge in [0.2, 0.25) is 0 Å². The molecule has 0 amide bonds. The number of benzene rings is 2. The van der Waals surface area contributed by atoms with Crippen molar-refractivity contribution in [2.24, 2.45) is 0 Å². The van der Waals surface area contributed by atoms with Crippen molar-refractivity contribution in [1.82, 2.24) is 0 Å². The Balaban J connectivity index is 2.08. The summed E-state index contributed by atoms with van der Waals surface area (Å²) in [6.07, 6.45) is 6.23. The number of fused-ring (bicyclic) bond motifs is 1. The van der Waals surface area contributed by atoms with Gasteiger partial charge in [-0.3, -0.25) is 4.79 Å². The van der Waals surface area contributed by atoms with Crippen molar-refractivity contribution in [2.45, 2.75) is 6.42 Å². The molecule has 0 spiro atoms. The lowest BCUT2D eigenvalue weighted by atomic mass is 10.1. The minimum absolute atomic E-state index is 0.0279. The molecule has 3 rings (SSSR count). The van der Waals surface area contributed by atoms with Crippen molar-refractivity contribution < 1.29 is 4.42 Å². The Bertz CT molecular complexity index is 886. The Kier molecular flexibility index (Phi) is 4.01. The Morgan fingerprint density at radius 2 is 1.82 bits per heavy atom. The molecule has 0 radical (unpaired) electrons. The first-order valence-electron chi connectivity index (χ1n) is 7.18. The molecule has 2 aromatic carbocycles. The molecule has 0 unspecified atom stereocenters. The van der Waals surface area contributed by atoms with Crippen LogP contribution in [0.2, 0.25) is 0 Å². The van der Waals surface area contributed by atoms with Gasteiger partial charge in [-0.2, -0.15) is 0 Å². The van der Waals surface area contributed by atoms with Crippen molar-refractivity contribution in [2.75, 3.05) is 0 Å². The summed E-state index contributed by atoms with van der Waals surface area (Å²) in [7, 11) is 0. The maximum atomic E-state index is 12.2. The van der Waals surface area contributed by atoms with Gasteiger partial charge < -0.3 is 4.42 Å². The standard InChI is InChI=1S/C20H16O2/c1-2-7-16-10-6-11-18-19(21)14-17(22-20(16)18)13-12-15-8-4-3-5-9-15/h2-6,8-14H,1,7H2/b13-12+. The maximum Gasteiger partial charge on any atom is 0.193 e. The summed E-state index contributed by atoms with van der Waals surface area (Å²) in [4.78, 5) is 12.2. The summed E-state index contributed by atoms with van der Waals surface area (Å²) in [5.74, 6) is 0.554. The average molecular weight is 288 g/mol. The van der Waals surface area contributed by atoms with E-state index in [0.29, 0.717) is 23.2 Å². The Hall–Kier alpha value is -2.87. The highest BCUT2D eigenvalue weighted by Crippen LogP contribution is 2.19. The minimum Gasteiger partial charge on any atom is -0.456 e. The van der Waals surface area contributed by atoms with E-state index in [2.05, 4.69) is 6.58 Å². The van der Waals surface area contributed by atoms with Gasteiger partial charge >= 0.3 is 0 Å². The first-order valence-corrected chi connectivity index (χ1v) is 7.18. The second-order valence-electron chi connectivity index (χ2n) is 5.04. The summed E-state index contributed by atoms with van der Waals surface area (Å²) < 4.78 is 5.91.